The highest BCUT2D eigenvalue weighted by molar-refractivity contribution is 7.80. The minimum atomic E-state index is 0.0278. The van der Waals surface area contributed by atoms with Crippen molar-refractivity contribution in [2.24, 2.45) is 17.1 Å². The van der Waals surface area contributed by atoms with Gasteiger partial charge in [-0.3, -0.25) is 9.59 Å². The van der Waals surface area contributed by atoms with E-state index in [1.165, 1.54) is 0 Å². The Labute approximate surface area is 251 Å². The zero-order valence-electron chi connectivity index (χ0n) is 23.5. The van der Waals surface area contributed by atoms with Crippen molar-refractivity contribution in [1.29, 1.82) is 0 Å². The van der Waals surface area contributed by atoms with E-state index in [0.717, 1.165) is 98.0 Å². The van der Waals surface area contributed by atoms with Crippen molar-refractivity contribution < 1.29 is 14.3 Å². The lowest BCUT2D eigenvalue weighted by Crippen LogP contribution is -2.51. The van der Waals surface area contributed by atoms with Gasteiger partial charge in [0.15, 0.2) is 0 Å². The lowest BCUT2D eigenvalue weighted by molar-refractivity contribution is -0.140. The lowest BCUT2D eigenvalue weighted by atomic mass is 9.57. The number of amides is 2. The first-order valence-electron chi connectivity index (χ1n) is 14.6. The Bertz CT molecular complexity index is 1500. The number of thiocarbonyl (C=S) groups is 1. The predicted octanol–water partition coefficient (Wildman–Crippen LogP) is 5.60. The number of piperidine rings is 1. The van der Waals surface area contributed by atoms with Crippen LogP contribution in [0.4, 0.5) is 0 Å². The minimum absolute atomic E-state index is 0.0278. The molecule has 2 amide bonds. The molecule has 7 nitrogen and oxygen atoms in total. The standard InChI is InChI=1S/C32H37ClN4O3S/c1-20(38)36-11-9-32(10-12-36)16-24(17-32)31(39)35-18-23-5-6-26-27(21-3-2-4-22(15-21)30(34)41)19-37(29(26)28(23)33)25-7-13-40-14-8-25/h2-6,15,19,24-25H,7-14,16-18H2,1H3,(H2,34,41)(H,35,39). The largest absolute Gasteiger partial charge is 0.389 e. The summed E-state index contributed by atoms with van der Waals surface area (Å²) in [6, 6.07) is 12.4. The zero-order valence-corrected chi connectivity index (χ0v) is 25.0. The molecule has 1 aliphatic carbocycles. The predicted molar refractivity (Wildman–Crippen MR) is 166 cm³/mol. The first-order chi connectivity index (χ1) is 19.7. The van der Waals surface area contributed by atoms with Gasteiger partial charge in [0, 0.05) is 74.4 Å². The van der Waals surface area contributed by atoms with Gasteiger partial charge < -0.3 is 25.3 Å². The Kier molecular flexibility index (Phi) is 7.83. The summed E-state index contributed by atoms with van der Waals surface area (Å²) in [5, 5.41) is 4.91. The van der Waals surface area contributed by atoms with Crippen LogP contribution in [0.3, 0.4) is 0 Å². The molecule has 3 aromatic rings. The number of aromatic nitrogens is 1. The fourth-order valence-corrected chi connectivity index (χ4v) is 7.47. The topological polar surface area (TPSA) is 89.6 Å². The summed E-state index contributed by atoms with van der Waals surface area (Å²) in [5.74, 6) is 0.265. The van der Waals surface area contributed by atoms with Gasteiger partial charge in [-0.05, 0) is 61.1 Å². The second-order valence-corrected chi connectivity index (χ2v) is 12.8. The lowest BCUT2D eigenvalue weighted by Gasteiger charge is -2.51. The third-order valence-electron chi connectivity index (χ3n) is 9.51. The molecule has 0 unspecified atom stereocenters. The Morgan fingerprint density at radius 1 is 1.15 bits per heavy atom. The number of rotatable bonds is 6. The molecule has 1 aromatic heterocycles. The SMILES string of the molecule is CC(=O)N1CCC2(CC1)CC(C(=O)NCc1ccc3c(-c4cccc(C(N)=S)c4)cn(C4CCOCC4)c3c1Cl)C2. The van der Waals surface area contributed by atoms with Gasteiger partial charge in [0.25, 0.3) is 0 Å². The van der Waals surface area contributed by atoms with Crippen molar-refractivity contribution in [2.45, 2.75) is 58.0 Å². The minimum Gasteiger partial charge on any atom is -0.389 e. The maximum atomic E-state index is 13.1. The van der Waals surface area contributed by atoms with Crippen LogP contribution in [-0.4, -0.2) is 52.6 Å². The number of fused-ring (bicyclic) bond motifs is 1. The van der Waals surface area contributed by atoms with Gasteiger partial charge in [0.05, 0.1) is 10.5 Å². The Hall–Kier alpha value is -2.94. The van der Waals surface area contributed by atoms with Crippen molar-refractivity contribution >= 4 is 51.5 Å². The third kappa shape index (κ3) is 5.49. The molecule has 2 saturated heterocycles. The van der Waals surface area contributed by atoms with E-state index in [-0.39, 0.29) is 29.2 Å². The number of nitrogens with zero attached hydrogens (tertiary/aromatic N) is 2. The van der Waals surface area contributed by atoms with Gasteiger partial charge in [-0.25, -0.2) is 0 Å². The molecule has 3 heterocycles. The van der Waals surface area contributed by atoms with Gasteiger partial charge in [-0.2, -0.15) is 0 Å². The maximum absolute atomic E-state index is 13.1. The monoisotopic (exact) mass is 592 g/mol. The summed E-state index contributed by atoms with van der Waals surface area (Å²) in [7, 11) is 0. The first-order valence-corrected chi connectivity index (χ1v) is 15.4. The molecule has 0 atom stereocenters. The fourth-order valence-electron chi connectivity index (χ4n) is 7.01. The van der Waals surface area contributed by atoms with Crippen molar-refractivity contribution in [1.82, 2.24) is 14.8 Å². The van der Waals surface area contributed by atoms with Crippen molar-refractivity contribution in [3.8, 4) is 11.1 Å². The molecule has 0 radical (unpaired) electrons. The van der Waals surface area contributed by atoms with E-state index in [1.807, 2.05) is 29.2 Å². The molecule has 3 aliphatic rings. The number of likely N-dealkylation sites (tertiary alicyclic amines) is 1. The van der Waals surface area contributed by atoms with Crippen LogP contribution in [0.1, 0.15) is 62.6 Å². The molecule has 216 valence electrons. The van der Waals surface area contributed by atoms with Gasteiger partial charge in [-0.1, -0.05) is 54.2 Å². The summed E-state index contributed by atoms with van der Waals surface area (Å²) in [6.45, 7) is 5.07. The molecule has 3 fully saturated rings. The fraction of sp³-hybridized carbons (Fsp3) is 0.469. The van der Waals surface area contributed by atoms with Crippen LogP contribution in [0.25, 0.3) is 22.0 Å². The molecule has 6 rings (SSSR count). The second kappa shape index (κ2) is 11.4. The second-order valence-electron chi connectivity index (χ2n) is 12.0. The smallest absolute Gasteiger partial charge is 0.223 e. The molecule has 1 spiro atoms. The highest BCUT2D eigenvalue weighted by Gasteiger charge is 2.48. The van der Waals surface area contributed by atoms with Crippen LogP contribution < -0.4 is 11.1 Å². The normalized spacial score (nSPS) is 19.3. The van der Waals surface area contributed by atoms with Crippen molar-refractivity contribution in [2.75, 3.05) is 26.3 Å². The van der Waals surface area contributed by atoms with Gasteiger partial charge in [0.1, 0.15) is 4.99 Å². The van der Waals surface area contributed by atoms with E-state index in [2.05, 4.69) is 28.2 Å². The van der Waals surface area contributed by atoms with E-state index in [0.29, 0.717) is 16.6 Å². The Morgan fingerprint density at radius 2 is 1.88 bits per heavy atom. The van der Waals surface area contributed by atoms with Crippen molar-refractivity contribution in [3.05, 3.63) is 58.7 Å². The molecule has 2 aliphatic heterocycles. The molecule has 3 N–H and O–H groups in total. The molecular formula is C32H37ClN4O3S. The number of nitrogens with two attached hydrogens (primary N) is 1. The Morgan fingerprint density at radius 3 is 2.56 bits per heavy atom. The van der Waals surface area contributed by atoms with Crippen LogP contribution in [0.15, 0.2) is 42.6 Å². The van der Waals surface area contributed by atoms with E-state index < -0.39 is 0 Å². The summed E-state index contributed by atoms with van der Waals surface area (Å²) in [4.78, 5) is 27.1. The highest BCUT2D eigenvalue weighted by atomic mass is 35.5. The third-order valence-corrected chi connectivity index (χ3v) is 10.2. The van der Waals surface area contributed by atoms with Gasteiger partial charge >= 0.3 is 0 Å². The number of halogens is 1. The van der Waals surface area contributed by atoms with Crippen LogP contribution >= 0.6 is 23.8 Å². The maximum Gasteiger partial charge on any atom is 0.223 e. The number of nitrogens with one attached hydrogen (secondary N) is 1. The highest BCUT2D eigenvalue weighted by Crippen LogP contribution is 2.52. The molecule has 2 aromatic carbocycles. The average molecular weight is 593 g/mol. The molecule has 41 heavy (non-hydrogen) atoms. The summed E-state index contributed by atoms with van der Waals surface area (Å²) in [6.07, 6.45) is 7.81. The summed E-state index contributed by atoms with van der Waals surface area (Å²) in [5.41, 5.74) is 11.0. The van der Waals surface area contributed by atoms with E-state index in [1.54, 1.807) is 6.92 Å². The number of hydrogen-bond acceptors (Lipinski definition) is 4. The van der Waals surface area contributed by atoms with Crippen LogP contribution in [0.2, 0.25) is 5.02 Å². The molecule has 9 heteroatoms. The van der Waals surface area contributed by atoms with Gasteiger partial charge in [-0.15, -0.1) is 0 Å². The number of ether oxygens (including phenoxy) is 1. The Balaban J connectivity index is 1.22. The molecule has 0 bridgehead atoms. The summed E-state index contributed by atoms with van der Waals surface area (Å²) < 4.78 is 7.95. The zero-order chi connectivity index (χ0) is 28.7. The van der Waals surface area contributed by atoms with E-state index in [9.17, 15) is 9.59 Å². The summed E-state index contributed by atoms with van der Waals surface area (Å²) >= 11 is 12.4. The number of carbonyl (C=O) groups excluding carboxylic acids is 2. The van der Waals surface area contributed by atoms with E-state index >= 15 is 0 Å². The molecule has 1 saturated carbocycles. The van der Waals surface area contributed by atoms with Gasteiger partial charge in [0.2, 0.25) is 11.8 Å². The van der Waals surface area contributed by atoms with Crippen molar-refractivity contribution in [3.63, 3.8) is 0 Å². The van der Waals surface area contributed by atoms with Crippen LogP contribution in [0, 0.1) is 11.3 Å². The van der Waals surface area contributed by atoms with Crippen LogP contribution in [0.5, 0.6) is 0 Å². The average Bonchev–Trinajstić information content (AvgIpc) is 3.36. The number of carbonyl (C=O) groups is 2. The van der Waals surface area contributed by atoms with Crippen LogP contribution in [-0.2, 0) is 20.9 Å². The van der Waals surface area contributed by atoms with E-state index in [4.69, 9.17) is 34.3 Å². The number of benzene rings is 2. The quantitative estimate of drug-likeness (QED) is 0.364. The number of hydrogen-bond donors (Lipinski definition) is 2. The molecular weight excluding hydrogens is 556 g/mol. The first kappa shape index (κ1) is 28.2.